The van der Waals surface area contributed by atoms with Gasteiger partial charge < -0.3 is 16.0 Å². The zero-order valence-electron chi connectivity index (χ0n) is 15.1. The topological polar surface area (TPSA) is 53.6 Å². The van der Waals surface area contributed by atoms with E-state index in [1.807, 2.05) is 6.07 Å². The lowest BCUT2D eigenvalue weighted by atomic mass is 10.0. The van der Waals surface area contributed by atoms with Gasteiger partial charge in [-0.2, -0.15) is 0 Å². The number of nitrogens with one attached hydrogen (secondary N) is 1. The lowest BCUT2D eigenvalue weighted by molar-refractivity contribution is 0.290. The number of aliphatic imine (C=N–C) groups is 1. The fourth-order valence-corrected chi connectivity index (χ4v) is 3.36. The van der Waals surface area contributed by atoms with Crippen LogP contribution in [0, 0.1) is 11.6 Å². The quantitative estimate of drug-likeness (QED) is 0.636. The van der Waals surface area contributed by atoms with Crippen molar-refractivity contribution in [2.45, 2.75) is 25.3 Å². The van der Waals surface area contributed by atoms with E-state index in [4.69, 9.17) is 5.73 Å². The highest BCUT2D eigenvalue weighted by atomic mass is 19.1. The van der Waals surface area contributed by atoms with Crippen LogP contribution in [-0.4, -0.2) is 31.5 Å². The van der Waals surface area contributed by atoms with Gasteiger partial charge in [0.05, 0.1) is 12.6 Å². The third-order valence-electron chi connectivity index (χ3n) is 4.76. The Morgan fingerprint density at radius 2 is 1.85 bits per heavy atom. The number of aryl methyl sites for hydroxylation is 2. The molecule has 0 saturated heterocycles. The summed E-state index contributed by atoms with van der Waals surface area (Å²) in [5.41, 5.74) is 9.59. The number of hydrogen-bond acceptors (Lipinski definition) is 2. The number of benzene rings is 2. The first kappa shape index (κ1) is 18.3. The smallest absolute Gasteiger partial charge is 0.193 e. The van der Waals surface area contributed by atoms with E-state index in [-0.39, 0.29) is 18.1 Å². The van der Waals surface area contributed by atoms with Crippen molar-refractivity contribution in [1.82, 2.24) is 4.90 Å². The number of guanidine groups is 1. The van der Waals surface area contributed by atoms with Crippen molar-refractivity contribution in [3.05, 3.63) is 64.7 Å². The molecule has 3 rings (SSSR count). The first-order valence-electron chi connectivity index (χ1n) is 8.75. The van der Waals surface area contributed by atoms with Crippen LogP contribution in [0.25, 0.3) is 0 Å². The standard InChI is InChI=1S/C20H24F2N4/c1-26(2)18(19-16(21)7-4-8-17(19)22)12-24-20(23)25-15-10-9-13-5-3-6-14(13)11-15/h4,7-11,18H,3,5-6,12H2,1-2H3,(H3,23,24,25). The molecule has 0 radical (unpaired) electrons. The van der Waals surface area contributed by atoms with E-state index in [9.17, 15) is 8.78 Å². The Kier molecular flexibility index (Phi) is 5.52. The van der Waals surface area contributed by atoms with Crippen molar-refractivity contribution in [3.8, 4) is 0 Å². The number of likely N-dealkylation sites (N-methyl/N-ethyl adjacent to an activating group) is 1. The first-order valence-corrected chi connectivity index (χ1v) is 8.75. The summed E-state index contributed by atoms with van der Waals surface area (Å²) < 4.78 is 28.2. The summed E-state index contributed by atoms with van der Waals surface area (Å²) in [7, 11) is 3.52. The average molecular weight is 358 g/mol. The van der Waals surface area contributed by atoms with Gasteiger partial charge in [-0.05, 0) is 68.8 Å². The molecule has 0 aliphatic heterocycles. The first-order chi connectivity index (χ1) is 12.5. The summed E-state index contributed by atoms with van der Waals surface area (Å²) in [6, 6.07) is 9.49. The van der Waals surface area contributed by atoms with Crippen LogP contribution in [0.1, 0.15) is 29.2 Å². The van der Waals surface area contributed by atoms with Crippen LogP contribution >= 0.6 is 0 Å². The van der Waals surface area contributed by atoms with Gasteiger partial charge in [0.1, 0.15) is 11.6 Å². The van der Waals surface area contributed by atoms with Crippen LogP contribution in [-0.2, 0) is 12.8 Å². The van der Waals surface area contributed by atoms with Crippen molar-refractivity contribution in [3.63, 3.8) is 0 Å². The van der Waals surface area contributed by atoms with Crippen LogP contribution in [0.3, 0.4) is 0 Å². The van der Waals surface area contributed by atoms with E-state index in [2.05, 4.69) is 22.4 Å². The largest absolute Gasteiger partial charge is 0.370 e. The molecular weight excluding hydrogens is 334 g/mol. The van der Waals surface area contributed by atoms with Crippen LogP contribution in [0.15, 0.2) is 41.4 Å². The highest BCUT2D eigenvalue weighted by Crippen LogP contribution is 2.26. The van der Waals surface area contributed by atoms with Gasteiger partial charge in [0.25, 0.3) is 0 Å². The zero-order chi connectivity index (χ0) is 18.7. The SMILES string of the molecule is CN(C)C(CN=C(N)Nc1ccc2c(c1)CCC2)c1c(F)cccc1F. The molecule has 0 saturated carbocycles. The summed E-state index contributed by atoms with van der Waals surface area (Å²) in [4.78, 5) is 6.03. The van der Waals surface area contributed by atoms with Gasteiger partial charge in [-0.25, -0.2) is 8.78 Å². The normalized spacial score (nSPS) is 15.2. The molecule has 6 heteroatoms. The zero-order valence-corrected chi connectivity index (χ0v) is 15.1. The van der Waals surface area contributed by atoms with E-state index in [1.54, 1.807) is 19.0 Å². The highest BCUT2D eigenvalue weighted by molar-refractivity contribution is 5.92. The Morgan fingerprint density at radius 1 is 1.15 bits per heavy atom. The molecule has 1 atom stereocenters. The number of halogens is 2. The van der Waals surface area contributed by atoms with E-state index < -0.39 is 17.7 Å². The molecule has 0 amide bonds. The lowest BCUT2D eigenvalue weighted by Gasteiger charge is -2.24. The van der Waals surface area contributed by atoms with Crippen molar-refractivity contribution in [2.75, 3.05) is 26.0 Å². The maximum atomic E-state index is 14.1. The minimum Gasteiger partial charge on any atom is -0.370 e. The molecule has 2 aromatic carbocycles. The minimum atomic E-state index is -0.580. The maximum absolute atomic E-state index is 14.1. The van der Waals surface area contributed by atoms with Crippen molar-refractivity contribution < 1.29 is 8.78 Å². The summed E-state index contributed by atoms with van der Waals surface area (Å²) in [5, 5.41) is 3.07. The number of nitrogens with zero attached hydrogens (tertiary/aromatic N) is 2. The van der Waals surface area contributed by atoms with Gasteiger partial charge in [0.2, 0.25) is 0 Å². The predicted octanol–water partition coefficient (Wildman–Crippen LogP) is 3.48. The molecule has 0 aromatic heterocycles. The lowest BCUT2D eigenvalue weighted by Crippen LogP contribution is -2.28. The monoisotopic (exact) mass is 358 g/mol. The van der Waals surface area contributed by atoms with Crippen LogP contribution < -0.4 is 11.1 Å². The molecule has 26 heavy (non-hydrogen) atoms. The van der Waals surface area contributed by atoms with E-state index in [0.717, 1.165) is 18.5 Å². The summed E-state index contributed by atoms with van der Waals surface area (Å²) in [5.74, 6) is -0.931. The third-order valence-corrected chi connectivity index (χ3v) is 4.76. The molecule has 3 N–H and O–H groups in total. The van der Waals surface area contributed by atoms with E-state index in [1.165, 1.54) is 35.7 Å². The molecule has 0 bridgehead atoms. The predicted molar refractivity (Wildman–Crippen MR) is 101 cm³/mol. The minimum absolute atomic E-state index is 0.00609. The molecule has 0 heterocycles. The van der Waals surface area contributed by atoms with Gasteiger partial charge in [-0.1, -0.05) is 12.1 Å². The Labute approximate surface area is 152 Å². The number of rotatable bonds is 5. The summed E-state index contributed by atoms with van der Waals surface area (Å²) in [6.45, 7) is 0.147. The molecule has 1 unspecified atom stereocenters. The molecule has 138 valence electrons. The van der Waals surface area contributed by atoms with Crippen molar-refractivity contribution >= 4 is 11.6 Å². The average Bonchev–Trinajstić information content (AvgIpc) is 3.04. The molecule has 4 nitrogen and oxygen atoms in total. The van der Waals surface area contributed by atoms with Gasteiger partial charge in [-0.3, -0.25) is 4.99 Å². The number of hydrogen-bond donors (Lipinski definition) is 2. The molecule has 0 fully saturated rings. The second kappa shape index (κ2) is 7.83. The molecule has 1 aliphatic carbocycles. The Bertz CT molecular complexity index is 797. The number of fused-ring (bicyclic) bond motifs is 1. The Balaban J connectivity index is 1.73. The maximum Gasteiger partial charge on any atom is 0.193 e. The fourth-order valence-electron chi connectivity index (χ4n) is 3.36. The second-order valence-electron chi connectivity index (χ2n) is 6.80. The van der Waals surface area contributed by atoms with Gasteiger partial charge in [0.15, 0.2) is 5.96 Å². The number of nitrogens with two attached hydrogens (primary N) is 1. The van der Waals surface area contributed by atoms with Gasteiger partial charge >= 0.3 is 0 Å². The Hall–Kier alpha value is -2.47. The third kappa shape index (κ3) is 4.02. The van der Waals surface area contributed by atoms with E-state index in [0.29, 0.717) is 0 Å². The van der Waals surface area contributed by atoms with E-state index >= 15 is 0 Å². The van der Waals surface area contributed by atoms with Crippen molar-refractivity contribution in [2.24, 2.45) is 10.7 Å². The van der Waals surface area contributed by atoms with Crippen LogP contribution in [0.2, 0.25) is 0 Å². The molecule has 0 spiro atoms. The second-order valence-corrected chi connectivity index (χ2v) is 6.80. The molecule has 1 aliphatic rings. The molecule has 2 aromatic rings. The number of anilines is 1. The van der Waals surface area contributed by atoms with Crippen LogP contribution in [0.5, 0.6) is 0 Å². The highest BCUT2D eigenvalue weighted by Gasteiger charge is 2.22. The Morgan fingerprint density at radius 3 is 2.54 bits per heavy atom. The fraction of sp³-hybridized carbons (Fsp3) is 0.350. The molecular formula is C20H24F2N4. The van der Waals surface area contributed by atoms with Gasteiger partial charge in [-0.15, -0.1) is 0 Å². The summed E-state index contributed by atoms with van der Waals surface area (Å²) in [6.07, 6.45) is 3.39. The van der Waals surface area contributed by atoms with Crippen LogP contribution in [0.4, 0.5) is 14.5 Å². The van der Waals surface area contributed by atoms with Crippen molar-refractivity contribution in [1.29, 1.82) is 0 Å². The van der Waals surface area contributed by atoms with Gasteiger partial charge in [0, 0.05) is 11.3 Å². The summed E-state index contributed by atoms with van der Waals surface area (Å²) >= 11 is 0.